The zero-order chi connectivity index (χ0) is 8.55. The maximum Gasteiger partial charge on any atom is 0.0662 e. The molecule has 2 nitrogen and oxygen atoms in total. The van der Waals surface area contributed by atoms with E-state index >= 15 is 0 Å². The van der Waals surface area contributed by atoms with E-state index in [9.17, 15) is 0 Å². The van der Waals surface area contributed by atoms with Gasteiger partial charge in [-0.2, -0.15) is 5.26 Å². The van der Waals surface area contributed by atoms with E-state index in [2.05, 4.69) is 12.1 Å². The summed E-state index contributed by atoms with van der Waals surface area (Å²) in [6, 6.07) is 8.19. The Kier molecular flexibility index (Phi) is 1.51. The van der Waals surface area contributed by atoms with Crippen molar-refractivity contribution in [1.82, 2.24) is 0 Å². The van der Waals surface area contributed by atoms with Crippen molar-refractivity contribution >= 4 is 5.69 Å². The standard InChI is InChI=1S/C10H10N2/c11-6-7-4-8-2-1-3-10(12)9(8)5-7/h1-3,7H,4-5,12H2. The Hall–Kier alpha value is -1.49. The first-order valence-electron chi connectivity index (χ1n) is 4.07. The number of fused-ring (bicyclic) bond motifs is 1. The lowest BCUT2D eigenvalue weighted by atomic mass is 10.1. The van der Waals surface area contributed by atoms with Gasteiger partial charge in [-0.3, -0.25) is 0 Å². The number of rotatable bonds is 0. The van der Waals surface area contributed by atoms with Crippen molar-refractivity contribution in [1.29, 1.82) is 5.26 Å². The number of nitrogens with two attached hydrogens (primary N) is 1. The number of benzene rings is 1. The van der Waals surface area contributed by atoms with Crippen LogP contribution in [0.1, 0.15) is 11.1 Å². The normalized spacial score (nSPS) is 20.1. The first-order valence-corrected chi connectivity index (χ1v) is 4.07. The van der Waals surface area contributed by atoms with Gasteiger partial charge in [0.2, 0.25) is 0 Å². The van der Waals surface area contributed by atoms with Crippen LogP contribution in [-0.4, -0.2) is 0 Å². The van der Waals surface area contributed by atoms with E-state index in [1.807, 2.05) is 12.1 Å². The Morgan fingerprint density at radius 3 is 2.92 bits per heavy atom. The first kappa shape index (κ1) is 7.17. The Labute approximate surface area is 71.6 Å². The lowest BCUT2D eigenvalue weighted by Crippen LogP contribution is -1.95. The molecule has 2 heteroatoms. The maximum absolute atomic E-state index is 8.74. The summed E-state index contributed by atoms with van der Waals surface area (Å²) in [5.41, 5.74) is 9.05. The molecule has 0 bridgehead atoms. The molecule has 2 N–H and O–H groups in total. The summed E-state index contributed by atoms with van der Waals surface area (Å²) in [6.45, 7) is 0. The molecule has 0 heterocycles. The second kappa shape index (κ2) is 2.53. The minimum absolute atomic E-state index is 0.143. The molecule has 1 unspecified atom stereocenters. The molecule has 0 spiro atoms. The Morgan fingerprint density at radius 1 is 1.42 bits per heavy atom. The number of nitriles is 1. The largest absolute Gasteiger partial charge is 0.398 e. The Bertz CT molecular complexity index is 349. The van der Waals surface area contributed by atoms with Crippen molar-refractivity contribution in [2.45, 2.75) is 12.8 Å². The molecule has 60 valence electrons. The van der Waals surface area contributed by atoms with Crippen molar-refractivity contribution in [3.63, 3.8) is 0 Å². The average Bonchev–Trinajstić information content (AvgIpc) is 2.49. The molecule has 0 aromatic heterocycles. The quantitative estimate of drug-likeness (QED) is 0.582. The first-order chi connectivity index (χ1) is 5.81. The number of nitrogen functional groups attached to an aromatic ring is 1. The third kappa shape index (κ3) is 0.947. The van der Waals surface area contributed by atoms with Crippen LogP contribution in [0.25, 0.3) is 0 Å². The molecule has 12 heavy (non-hydrogen) atoms. The number of hydrogen-bond acceptors (Lipinski definition) is 2. The molecule has 0 saturated carbocycles. The molecule has 1 aliphatic carbocycles. The smallest absolute Gasteiger partial charge is 0.0662 e. The fourth-order valence-corrected chi connectivity index (χ4v) is 1.77. The Morgan fingerprint density at radius 2 is 2.25 bits per heavy atom. The highest BCUT2D eigenvalue weighted by atomic mass is 14.6. The predicted octanol–water partition coefficient (Wildman–Crippen LogP) is 1.51. The lowest BCUT2D eigenvalue weighted by molar-refractivity contribution is 0.720. The molecule has 2 rings (SSSR count). The summed E-state index contributed by atoms with van der Waals surface area (Å²) in [4.78, 5) is 0. The summed E-state index contributed by atoms with van der Waals surface area (Å²) in [5, 5.41) is 8.74. The van der Waals surface area contributed by atoms with Crippen molar-refractivity contribution in [2.24, 2.45) is 5.92 Å². The second-order valence-corrected chi connectivity index (χ2v) is 3.22. The molecule has 1 aliphatic rings. The van der Waals surface area contributed by atoms with Gasteiger partial charge in [0.1, 0.15) is 0 Å². The zero-order valence-electron chi connectivity index (χ0n) is 6.75. The van der Waals surface area contributed by atoms with E-state index in [1.165, 1.54) is 11.1 Å². The highest BCUT2D eigenvalue weighted by molar-refractivity contribution is 5.53. The van der Waals surface area contributed by atoms with Crippen LogP contribution < -0.4 is 5.73 Å². The van der Waals surface area contributed by atoms with Gasteiger partial charge in [-0.25, -0.2) is 0 Å². The SMILES string of the molecule is N#CC1Cc2cccc(N)c2C1. The van der Waals surface area contributed by atoms with Crippen LogP contribution in [0.15, 0.2) is 18.2 Å². The van der Waals surface area contributed by atoms with Crippen molar-refractivity contribution in [3.8, 4) is 6.07 Å². The zero-order valence-corrected chi connectivity index (χ0v) is 6.75. The summed E-state index contributed by atoms with van der Waals surface area (Å²) < 4.78 is 0. The summed E-state index contributed by atoms with van der Waals surface area (Å²) >= 11 is 0. The highest BCUT2D eigenvalue weighted by Crippen LogP contribution is 2.30. The molecule has 1 atom stereocenters. The van der Waals surface area contributed by atoms with Crippen LogP contribution in [0.3, 0.4) is 0 Å². The predicted molar refractivity (Wildman–Crippen MR) is 47.4 cm³/mol. The maximum atomic E-state index is 8.74. The van der Waals surface area contributed by atoms with E-state index in [1.54, 1.807) is 0 Å². The van der Waals surface area contributed by atoms with Gasteiger partial charge in [-0.1, -0.05) is 12.1 Å². The van der Waals surface area contributed by atoms with Crippen molar-refractivity contribution < 1.29 is 0 Å². The number of anilines is 1. The van der Waals surface area contributed by atoms with E-state index in [0.717, 1.165) is 18.5 Å². The van der Waals surface area contributed by atoms with Crippen molar-refractivity contribution in [2.75, 3.05) is 5.73 Å². The number of hydrogen-bond donors (Lipinski definition) is 1. The lowest BCUT2D eigenvalue weighted by Gasteiger charge is -2.00. The van der Waals surface area contributed by atoms with Gasteiger partial charge in [0.05, 0.1) is 12.0 Å². The third-order valence-electron chi connectivity index (χ3n) is 2.41. The molecular formula is C10H10N2. The monoisotopic (exact) mass is 158 g/mol. The number of nitrogens with zero attached hydrogens (tertiary/aromatic N) is 1. The van der Waals surface area contributed by atoms with Gasteiger partial charge in [0, 0.05) is 5.69 Å². The summed E-state index contributed by atoms with van der Waals surface area (Å²) in [6.07, 6.45) is 1.70. The van der Waals surface area contributed by atoms with Crippen LogP contribution in [-0.2, 0) is 12.8 Å². The molecule has 0 radical (unpaired) electrons. The van der Waals surface area contributed by atoms with Crippen LogP contribution in [0.5, 0.6) is 0 Å². The van der Waals surface area contributed by atoms with Gasteiger partial charge in [-0.05, 0) is 30.0 Å². The Balaban J connectivity index is 2.43. The topological polar surface area (TPSA) is 49.8 Å². The van der Waals surface area contributed by atoms with Crippen molar-refractivity contribution in [3.05, 3.63) is 29.3 Å². The average molecular weight is 158 g/mol. The van der Waals surface area contributed by atoms with E-state index in [-0.39, 0.29) is 5.92 Å². The minimum Gasteiger partial charge on any atom is -0.398 e. The van der Waals surface area contributed by atoms with Gasteiger partial charge < -0.3 is 5.73 Å². The van der Waals surface area contributed by atoms with Gasteiger partial charge in [-0.15, -0.1) is 0 Å². The van der Waals surface area contributed by atoms with Gasteiger partial charge >= 0.3 is 0 Å². The summed E-state index contributed by atoms with van der Waals surface area (Å²) in [7, 11) is 0. The molecule has 0 fully saturated rings. The third-order valence-corrected chi connectivity index (χ3v) is 2.41. The highest BCUT2D eigenvalue weighted by Gasteiger charge is 2.22. The molecular weight excluding hydrogens is 148 g/mol. The molecule has 0 amide bonds. The van der Waals surface area contributed by atoms with Crippen LogP contribution in [0, 0.1) is 17.2 Å². The van der Waals surface area contributed by atoms with Crippen LogP contribution in [0.2, 0.25) is 0 Å². The van der Waals surface area contributed by atoms with Gasteiger partial charge in [0.15, 0.2) is 0 Å². The fraction of sp³-hybridized carbons (Fsp3) is 0.300. The molecule has 1 aromatic carbocycles. The minimum atomic E-state index is 0.143. The second-order valence-electron chi connectivity index (χ2n) is 3.22. The molecule has 0 aliphatic heterocycles. The van der Waals surface area contributed by atoms with E-state index < -0.39 is 0 Å². The van der Waals surface area contributed by atoms with Crippen LogP contribution in [0.4, 0.5) is 5.69 Å². The summed E-state index contributed by atoms with van der Waals surface area (Å²) in [5.74, 6) is 0.143. The van der Waals surface area contributed by atoms with E-state index in [0.29, 0.717) is 0 Å². The molecule has 0 saturated heterocycles. The fourth-order valence-electron chi connectivity index (χ4n) is 1.77. The van der Waals surface area contributed by atoms with Gasteiger partial charge in [0.25, 0.3) is 0 Å². The van der Waals surface area contributed by atoms with Crippen LogP contribution >= 0.6 is 0 Å². The van der Waals surface area contributed by atoms with E-state index in [4.69, 9.17) is 11.0 Å². The molecule has 1 aromatic rings.